The summed E-state index contributed by atoms with van der Waals surface area (Å²) in [7, 11) is 1.81. The lowest BCUT2D eigenvalue weighted by molar-refractivity contribution is -0.519. The Morgan fingerprint density at radius 2 is 1.71 bits per heavy atom. The van der Waals surface area contributed by atoms with Crippen molar-refractivity contribution in [2.45, 2.75) is 34.6 Å². The van der Waals surface area contributed by atoms with E-state index in [0.717, 1.165) is 13.1 Å². The maximum Gasteiger partial charge on any atom is 0.314 e. The Kier molecular flexibility index (Phi) is 4.81. The number of hydrogen-bond donors (Lipinski definition) is 0. The van der Waals surface area contributed by atoms with Crippen LogP contribution in [0.25, 0.3) is 0 Å². The fourth-order valence-corrected chi connectivity index (χ4v) is 1.21. The van der Waals surface area contributed by atoms with E-state index in [1.54, 1.807) is 4.90 Å². The molecule has 0 aromatic rings. The normalized spacial score (nSPS) is 11.0. The fourth-order valence-electron chi connectivity index (χ4n) is 1.21. The van der Waals surface area contributed by atoms with Crippen molar-refractivity contribution in [3.8, 4) is 0 Å². The van der Waals surface area contributed by atoms with Crippen molar-refractivity contribution < 1.29 is 9.37 Å². The summed E-state index contributed by atoms with van der Waals surface area (Å²) in [5.41, 5.74) is -0.307. The van der Waals surface area contributed by atoms with Gasteiger partial charge in [-0.15, -0.1) is 0 Å². The van der Waals surface area contributed by atoms with E-state index >= 15 is 0 Å². The van der Waals surface area contributed by atoms with Gasteiger partial charge in [-0.2, -0.15) is 0 Å². The molecule has 3 heteroatoms. The molecule has 0 aromatic carbocycles. The largest absolute Gasteiger partial charge is 0.314 e. The predicted molar refractivity (Wildman–Crippen MR) is 59.6 cm³/mol. The Hall–Kier alpha value is -0.860. The molecule has 0 rings (SSSR count). The maximum absolute atomic E-state index is 11.8. The molecule has 0 radical (unpaired) electrons. The molecule has 0 saturated heterocycles. The highest BCUT2D eigenvalue weighted by Gasteiger charge is 2.29. The second-order valence-corrected chi connectivity index (χ2v) is 4.50. The Morgan fingerprint density at radius 3 is 2.00 bits per heavy atom. The van der Waals surface area contributed by atoms with Gasteiger partial charge in [0.1, 0.15) is 0 Å². The van der Waals surface area contributed by atoms with E-state index in [9.17, 15) is 4.79 Å². The van der Waals surface area contributed by atoms with Gasteiger partial charge < -0.3 is 0 Å². The summed E-state index contributed by atoms with van der Waals surface area (Å²) in [4.78, 5) is 13.5. The first-order valence-corrected chi connectivity index (χ1v) is 5.19. The second-order valence-electron chi connectivity index (χ2n) is 4.50. The molecule has 0 spiro atoms. The minimum Gasteiger partial charge on any atom is -0.268 e. The van der Waals surface area contributed by atoms with Crippen LogP contribution in [0.3, 0.4) is 0 Å². The van der Waals surface area contributed by atoms with Crippen LogP contribution in [0.15, 0.2) is 0 Å². The molecule has 0 unspecified atom stereocenters. The zero-order valence-electron chi connectivity index (χ0n) is 10.3. The highest BCUT2D eigenvalue weighted by atomic mass is 16.2. The first-order valence-electron chi connectivity index (χ1n) is 5.19. The highest BCUT2D eigenvalue weighted by molar-refractivity contribution is 5.89. The van der Waals surface area contributed by atoms with Crippen LogP contribution in [0.2, 0.25) is 0 Å². The van der Waals surface area contributed by atoms with Crippen molar-refractivity contribution in [2.75, 3.05) is 20.1 Å². The average Bonchev–Trinajstić information content (AvgIpc) is 2.11. The number of amides is 1. The third-order valence-corrected chi connectivity index (χ3v) is 2.11. The van der Waals surface area contributed by atoms with Gasteiger partial charge in [-0.05, 0) is 34.6 Å². The third kappa shape index (κ3) is 3.90. The summed E-state index contributed by atoms with van der Waals surface area (Å²) in [6.07, 6.45) is 1.88. The summed E-state index contributed by atoms with van der Waals surface area (Å²) in [5, 5.41) is 0. The number of carbonyl (C=O) groups is 1. The summed E-state index contributed by atoms with van der Waals surface area (Å²) in [5.74, 6) is 0.143. The van der Waals surface area contributed by atoms with Crippen molar-refractivity contribution in [1.82, 2.24) is 4.90 Å². The molecule has 3 nitrogen and oxygen atoms in total. The summed E-state index contributed by atoms with van der Waals surface area (Å²) in [6, 6.07) is 0. The van der Waals surface area contributed by atoms with Gasteiger partial charge in [-0.25, -0.2) is 9.69 Å². The van der Waals surface area contributed by atoms with Crippen LogP contribution >= 0.6 is 0 Å². The molecule has 0 atom stereocenters. The van der Waals surface area contributed by atoms with Crippen molar-refractivity contribution in [2.24, 2.45) is 5.41 Å². The van der Waals surface area contributed by atoms with E-state index < -0.39 is 0 Å². The second kappa shape index (κ2) is 5.13. The topological polar surface area (TPSA) is 23.3 Å². The van der Waals surface area contributed by atoms with Crippen molar-refractivity contribution in [3.63, 3.8) is 0 Å². The van der Waals surface area contributed by atoms with Gasteiger partial charge in [0.2, 0.25) is 6.34 Å². The van der Waals surface area contributed by atoms with Crippen LogP contribution in [0.5, 0.6) is 0 Å². The summed E-state index contributed by atoms with van der Waals surface area (Å²) >= 11 is 0. The van der Waals surface area contributed by atoms with Gasteiger partial charge in [0.15, 0.2) is 0 Å². The smallest absolute Gasteiger partial charge is 0.268 e. The third-order valence-electron chi connectivity index (χ3n) is 2.11. The van der Waals surface area contributed by atoms with Gasteiger partial charge in [0.25, 0.3) is 0 Å². The Balaban J connectivity index is 4.56. The van der Waals surface area contributed by atoms with Gasteiger partial charge in [-0.1, -0.05) is 0 Å². The van der Waals surface area contributed by atoms with Crippen LogP contribution in [-0.4, -0.2) is 41.9 Å². The maximum atomic E-state index is 11.8. The van der Waals surface area contributed by atoms with E-state index in [2.05, 4.69) is 18.4 Å². The van der Waals surface area contributed by atoms with Crippen LogP contribution in [0, 0.1) is 5.41 Å². The molecule has 1 amide bonds. The first kappa shape index (κ1) is 13.1. The molecule has 0 saturated carbocycles. The number of nitrogens with zero attached hydrogens (tertiary/aromatic N) is 2. The number of carbonyl (C=O) groups excluding carboxylic acids is 1. The molecule has 0 bridgehead atoms. The highest BCUT2D eigenvalue weighted by Crippen LogP contribution is 2.15. The van der Waals surface area contributed by atoms with E-state index in [1.165, 1.54) is 0 Å². The molecule has 0 aromatic heterocycles. The van der Waals surface area contributed by atoms with E-state index in [1.807, 2.05) is 34.2 Å². The van der Waals surface area contributed by atoms with E-state index in [0.29, 0.717) is 0 Å². The van der Waals surface area contributed by atoms with Crippen molar-refractivity contribution in [3.05, 3.63) is 0 Å². The lowest BCUT2D eigenvalue weighted by Crippen LogP contribution is -2.38. The molecule has 0 aliphatic carbocycles. The Labute approximate surface area is 87.4 Å². The molecular weight excluding hydrogens is 176 g/mol. The zero-order chi connectivity index (χ0) is 11.4. The molecule has 14 heavy (non-hydrogen) atoms. The lowest BCUT2D eigenvalue weighted by Gasteiger charge is -2.18. The molecule has 0 fully saturated rings. The first-order chi connectivity index (χ1) is 6.32. The number of rotatable bonds is 3. The number of hydrogen-bond acceptors (Lipinski definition) is 1. The van der Waals surface area contributed by atoms with Gasteiger partial charge in [0.05, 0.1) is 25.6 Å². The average molecular weight is 199 g/mol. The van der Waals surface area contributed by atoms with Crippen molar-refractivity contribution >= 4 is 12.2 Å². The predicted octanol–water partition coefficient (Wildman–Crippen LogP) is 1.57. The molecule has 0 aliphatic rings. The molecule has 0 N–H and O–H groups in total. The van der Waals surface area contributed by atoms with E-state index in [-0.39, 0.29) is 11.3 Å². The van der Waals surface area contributed by atoms with Gasteiger partial charge in [0, 0.05) is 0 Å². The van der Waals surface area contributed by atoms with Gasteiger partial charge in [-0.3, -0.25) is 4.58 Å². The van der Waals surface area contributed by atoms with Crippen LogP contribution in [-0.2, 0) is 4.79 Å². The molecular formula is C11H23N2O+. The quantitative estimate of drug-likeness (QED) is 0.384. The van der Waals surface area contributed by atoms with Crippen LogP contribution in [0.4, 0.5) is 0 Å². The van der Waals surface area contributed by atoms with E-state index in [4.69, 9.17) is 0 Å². The van der Waals surface area contributed by atoms with Gasteiger partial charge >= 0.3 is 5.91 Å². The Morgan fingerprint density at radius 1 is 1.29 bits per heavy atom. The standard InChI is InChI=1S/C11H23N2O/c1-7-13(8-2)9-12(6)10(14)11(3,4)5/h9H,7-8H2,1-6H3/q+1. The lowest BCUT2D eigenvalue weighted by atomic mass is 9.95. The minimum atomic E-state index is -0.307. The fraction of sp³-hybridized carbons (Fsp3) is 0.818. The van der Waals surface area contributed by atoms with Crippen LogP contribution < -0.4 is 0 Å². The minimum absolute atomic E-state index is 0.143. The molecule has 0 aliphatic heterocycles. The zero-order valence-corrected chi connectivity index (χ0v) is 10.3. The Bertz CT molecular complexity index is 220. The van der Waals surface area contributed by atoms with Crippen molar-refractivity contribution in [1.29, 1.82) is 0 Å². The molecule has 0 heterocycles. The monoisotopic (exact) mass is 199 g/mol. The summed E-state index contributed by atoms with van der Waals surface area (Å²) < 4.78 is 2.10. The van der Waals surface area contributed by atoms with Crippen LogP contribution in [0.1, 0.15) is 34.6 Å². The summed E-state index contributed by atoms with van der Waals surface area (Å²) in [6.45, 7) is 11.8. The molecule has 82 valence electrons. The SMILES string of the molecule is CC[N+](=CN(C)C(=O)C(C)(C)C)CC.